The van der Waals surface area contributed by atoms with Crippen LogP contribution in [0.25, 0.3) is 0 Å². The molecule has 60 valence electrons. The number of carbonyl (C=O) groups is 1. The molecule has 0 aromatic heterocycles. The summed E-state index contributed by atoms with van der Waals surface area (Å²) < 4.78 is 0. The molecule has 1 atom stereocenters. The van der Waals surface area contributed by atoms with Crippen molar-refractivity contribution in [2.45, 2.75) is 18.6 Å². The Kier molecular flexibility index (Phi) is 21.9. The van der Waals surface area contributed by atoms with Crippen molar-refractivity contribution >= 4 is 56.3 Å². The third-order valence-electron chi connectivity index (χ3n) is 0.672. The average molecular weight is 194 g/mol. The number of hydrogen-bond acceptors (Lipinski definition) is 3. The molecule has 0 aliphatic heterocycles. The fourth-order valence-corrected chi connectivity index (χ4v) is 0.175. The zero-order valence-electron chi connectivity index (χ0n) is 8.24. The smallest absolute Gasteiger partial charge is 1.00 e. The average Bonchev–Trinajstić information content (AvgIpc) is 1.91. The maximum atomic E-state index is 9.85. The van der Waals surface area contributed by atoms with Gasteiger partial charge in [-0.15, -0.1) is 0 Å². The van der Waals surface area contributed by atoms with Gasteiger partial charge >= 0.3 is 43.7 Å². The van der Waals surface area contributed by atoms with E-state index in [2.05, 4.69) is 12.6 Å². The van der Waals surface area contributed by atoms with E-state index in [9.17, 15) is 4.79 Å². The van der Waals surface area contributed by atoms with E-state index in [0.717, 1.165) is 7.11 Å². The van der Waals surface area contributed by atoms with Crippen LogP contribution < -0.4 is 0 Å². The Morgan fingerprint density at radius 2 is 2.00 bits per heavy atom. The summed E-state index contributed by atoms with van der Waals surface area (Å²) in [4.78, 5) is 9.85. The third-order valence-corrected chi connectivity index (χ3v) is 1.26. The second-order valence-electron chi connectivity index (χ2n) is 1.26. The molecule has 10 heavy (non-hydrogen) atoms. The summed E-state index contributed by atoms with van der Waals surface area (Å²) in [7, 11) is 1.00. The first-order valence-electron chi connectivity index (χ1n) is 2.54. The normalized spacial score (nSPS) is 10.0. The summed E-state index contributed by atoms with van der Waals surface area (Å²) in [5, 5.41) is 14.6. The molecule has 0 aliphatic rings. The molecule has 0 saturated carbocycles. The first-order chi connectivity index (χ1) is 4.18. The van der Waals surface area contributed by atoms with Crippen molar-refractivity contribution in [2.75, 3.05) is 7.11 Å². The molecular weight excluding hydrogens is 180 g/mol. The van der Waals surface area contributed by atoms with Gasteiger partial charge in [0.1, 0.15) is 0 Å². The Bertz CT molecular complexity index is 87.1. The first-order valence-corrected chi connectivity index (χ1v) is 3.05. The Hall–Kier alpha value is 1.04. The zero-order valence-corrected chi connectivity index (χ0v) is 9.34. The molecule has 0 radical (unpaired) electrons. The number of thiol groups is 1. The fourth-order valence-electron chi connectivity index (χ4n) is 0.175. The van der Waals surface area contributed by atoms with Gasteiger partial charge in [-0.05, 0) is 6.42 Å². The number of aliphatic hydroxyl groups excluding tert-OH is 1. The Morgan fingerprint density at radius 1 is 1.70 bits per heavy atom. The van der Waals surface area contributed by atoms with Crippen LogP contribution in [-0.2, 0) is 4.79 Å². The van der Waals surface area contributed by atoms with Gasteiger partial charge in [-0.25, -0.2) is 0 Å². The van der Waals surface area contributed by atoms with E-state index < -0.39 is 11.2 Å². The molecule has 0 spiro atoms. The molecule has 1 unspecified atom stereocenters. The van der Waals surface area contributed by atoms with Crippen LogP contribution in [0.15, 0.2) is 0 Å². The van der Waals surface area contributed by atoms with Crippen molar-refractivity contribution in [3.05, 3.63) is 0 Å². The predicted octanol–water partition coefficient (Wildman–Crippen LogP) is 0.232. The van der Waals surface area contributed by atoms with Gasteiger partial charge in [0.2, 0.25) is 0 Å². The molecule has 5 heteroatoms. The van der Waals surface area contributed by atoms with Crippen molar-refractivity contribution < 1.29 is 17.9 Å². The van der Waals surface area contributed by atoms with Gasteiger partial charge in [-0.3, -0.25) is 4.79 Å². The number of aliphatic hydroxyl groups is 1. The SMILES string of the molecule is CCC(S)C(=O)O.CO.[Ca+2].[H-].[H-]. The van der Waals surface area contributed by atoms with Crippen molar-refractivity contribution in [1.29, 1.82) is 0 Å². The summed E-state index contributed by atoms with van der Waals surface area (Å²) in [6, 6.07) is 0. The minimum atomic E-state index is -0.842. The molecule has 0 amide bonds. The summed E-state index contributed by atoms with van der Waals surface area (Å²) in [6.45, 7) is 1.78. The van der Waals surface area contributed by atoms with Crippen LogP contribution in [-0.4, -0.2) is 66.3 Å². The number of carboxylic acids is 1. The largest absolute Gasteiger partial charge is 2.00 e. The molecule has 0 aliphatic carbocycles. The number of carboxylic acid groups (broad SMARTS) is 1. The number of hydrogen-bond donors (Lipinski definition) is 3. The zero-order chi connectivity index (χ0) is 7.86. The molecule has 0 bridgehead atoms. The first kappa shape index (κ1) is 17.2. The summed E-state index contributed by atoms with van der Waals surface area (Å²) in [5.41, 5.74) is 0. The Balaban J connectivity index is -0.0000000303. The van der Waals surface area contributed by atoms with Crippen LogP contribution >= 0.6 is 12.6 Å². The van der Waals surface area contributed by atoms with Gasteiger partial charge in [0.25, 0.3) is 0 Å². The maximum absolute atomic E-state index is 9.85. The van der Waals surface area contributed by atoms with E-state index in [1.807, 2.05) is 0 Å². The van der Waals surface area contributed by atoms with Gasteiger partial charge < -0.3 is 13.1 Å². The van der Waals surface area contributed by atoms with Crippen LogP contribution in [0, 0.1) is 0 Å². The maximum Gasteiger partial charge on any atom is 2.00 e. The second-order valence-corrected chi connectivity index (χ2v) is 1.89. The Labute approximate surface area is 99.2 Å². The van der Waals surface area contributed by atoms with Gasteiger partial charge in [0.15, 0.2) is 0 Å². The molecule has 0 saturated heterocycles. The van der Waals surface area contributed by atoms with Crippen LogP contribution in [0.5, 0.6) is 0 Å². The van der Waals surface area contributed by atoms with Crippen LogP contribution in [0.2, 0.25) is 0 Å². The summed E-state index contributed by atoms with van der Waals surface area (Å²) in [5.74, 6) is -0.842. The molecule has 0 heterocycles. The molecule has 0 aromatic rings. The number of aliphatic carboxylic acids is 1. The number of rotatable bonds is 2. The molecular formula is C5H14CaO3S. The summed E-state index contributed by atoms with van der Waals surface area (Å²) in [6.07, 6.45) is 0.582. The minimum Gasteiger partial charge on any atom is -1.00 e. The van der Waals surface area contributed by atoms with E-state index in [-0.39, 0.29) is 40.6 Å². The van der Waals surface area contributed by atoms with Crippen molar-refractivity contribution in [3.63, 3.8) is 0 Å². The fraction of sp³-hybridized carbons (Fsp3) is 0.800. The standard InChI is InChI=1S/C4H8O2S.CH4O.Ca.2H/c1-2-3(7)4(5)6;1-2;;;/h3,7H,2H2,1H3,(H,5,6);2H,1H3;;;/q;;+2;2*-1. The molecule has 3 nitrogen and oxygen atoms in total. The summed E-state index contributed by atoms with van der Waals surface area (Å²) >= 11 is 3.73. The van der Waals surface area contributed by atoms with E-state index in [1.165, 1.54) is 0 Å². The van der Waals surface area contributed by atoms with E-state index in [1.54, 1.807) is 6.92 Å². The van der Waals surface area contributed by atoms with Crippen LogP contribution in [0.4, 0.5) is 0 Å². The molecule has 0 fully saturated rings. The van der Waals surface area contributed by atoms with Crippen molar-refractivity contribution in [1.82, 2.24) is 0 Å². The second kappa shape index (κ2) is 12.7. The monoisotopic (exact) mass is 194 g/mol. The van der Waals surface area contributed by atoms with E-state index >= 15 is 0 Å². The third kappa shape index (κ3) is 11.8. The van der Waals surface area contributed by atoms with Crippen molar-refractivity contribution in [2.24, 2.45) is 0 Å². The van der Waals surface area contributed by atoms with Crippen LogP contribution in [0.3, 0.4) is 0 Å². The Morgan fingerprint density at radius 3 is 2.00 bits per heavy atom. The van der Waals surface area contributed by atoms with E-state index in [4.69, 9.17) is 10.2 Å². The quantitative estimate of drug-likeness (QED) is 0.436. The minimum absolute atomic E-state index is 0. The van der Waals surface area contributed by atoms with Gasteiger partial charge in [0, 0.05) is 7.11 Å². The van der Waals surface area contributed by atoms with Crippen LogP contribution in [0.1, 0.15) is 16.2 Å². The predicted molar refractivity (Wildman–Crippen MR) is 46.8 cm³/mol. The molecule has 0 rings (SSSR count). The topological polar surface area (TPSA) is 57.5 Å². The van der Waals surface area contributed by atoms with Gasteiger partial charge in [-0.2, -0.15) is 12.6 Å². The molecule has 2 N–H and O–H groups in total. The van der Waals surface area contributed by atoms with Gasteiger partial charge in [0.05, 0.1) is 5.25 Å². The van der Waals surface area contributed by atoms with E-state index in [0.29, 0.717) is 6.42 Å². The van der Waals surface area contributed by atoms with Gasteiger partial charge in [-0.1, -0.05) is 6.92 Å². The van der Waals surface area contributed by atoms with Crippen molar-refractivity contribution in [3.8, 4) is 0 Å². The molecule has 0 aromatic carbocycles.